The standard InChI is InChI=1S/C9H4BrF3/c1-2-6-3-4-8(10)7(5-6)9(11,12)13/h1,3-5H. The molecule has 68 valence electrons. The van der Waals surface area contributed by atoms with Crippen molar-refractivity contribution in [2.75, 3.05) is 0 Å². The van der Waals surface area contributed by atoms with E-state index in [0.29, 0.717) is 0 Å². The van der Waals surface area contributed by atoms with Gasteiger partial charge in [0.2, 0.25) is 0 Å². The van der Waals surface area contributed by atoms with E-state index < -0.39 is 11.7 Å². The van der Waals surface area contributed by atoms with Crippen LogP contribution in [0.25, 0.3) is 0 Å². The molecule has 0 saturated heterocycles. The molecule has 0 aliphatic carbocycles. The molecule has 0 bridgehead atoms. The summed E-state index contributed by atoms with van der Waals surface area (Å²) in [5.74, 6) is 2.15. The summed E-state index contributed by atoms with van der Waals surface area (Å²) in [6.45, 7) is 0. The first-order valence-electron chi connectivity index (χ1n) is 3.28. The number of hydrogen-bond donors (Lipinski definition) is 0. The normalized spacial score (nSPS) is 11.0. The van der Waals surface area contributed by atoms with Gasteiger partial charge in [0.1, 0.15) is 0 Å². The van der Waals surface area contributed by atoms with Gasteiger partial charge in [0.15, 0.2) is 0 Å². The van der Waals surface area contributed by atoms with E-state index in [2.05, 4.69) is 21.9 Å². The zero-order valence-corrected chi connectivity index (χ0v) is 7.91. The second-order valence-electron chi connectivity index (χ2n) is 2.34. The monoisotopic (exact) mass is 248 g/mol. The van der Waals surface area contributed by atoms with Crippen LogP contribution in [0.5, 0.6) is 0 Å². The molecule has 0 unspecified atom stereocenters. The van der Waals surface area contributed by atoms with E-state index in [9.17, 15) is 13.2 Å². The maximum atomic E-state index is 12.3. The number of terminal acetylenes is 1. The van der Waals surface area contributed by atoms with E-state index >= 15 is 0 Å². The molecule has 0 spiro atoms. The van der Waals surface area contributed by atoms with Gasteiger partial charge in [0, 0.05) is 10.0 Å². The third-order valence-corrected chi connectivity index (χ3v) is 2.13. The maximum Gasteiger partial charge on any atom is 0.417 e. The second kappa shape index (κ2) is 3.43. The van der Waals surface area contributed by atoms with Gasteiger partial charge < -0.3 is 0 Å². The Morgan fingerprint density at radius 1 is 1.31 bits per heavy atom. The molecule has 0 nitrogen and oxygen atoms in total. The van der Waals surface area contributed by atoms with Gasteiger partial charge in [-0.15, -0.1) is 6.42 Å². The molecular weight excluding hydrogens is 245 g/mol. The predicted octanol–water partition coefficient (Wildman–Crippen LogP) is 3.45. The molecular formula is C9H4BrF3. The topological polar surface area (TPSA) is 0 Å². The van der Waals surface area contributed by atoms with Crippen LogP contribution in [0.2, 0.25) is 0 Å². The fourth-order valence-electron chi connectivity index (χ4n) is 0.832. The summed E-state index contributed by atoms with van der Waals surface area (Å²) in [6, 6.07) is 3.67. The minimum Gasteiger partial charge on any atom is -0.166 e. The van der Waals surface area contributed by atoms with Crippen LogP contribution in [-0.2, 0) is 6.18 Å². The van der Waals surface area contributed by atoms with Crippen molar-refractivity contribution >= 4 is 15.9 Å². The molecule has 0 aliphatic heterocycles. The molecule has 13 heavy (non-hydrogen) atoms. The zero-order chi connectivity index (χ0) is 10.1. The molecule has 1 aromatic carbocycles. The van der Waals surface area contributed by atoms with Crippen molar-refractivity contribution in [2.24, 2.45) is 0 Å². The zero-order valence-electron chi connectivity index (χ0n) is 6.32. The lowest BCUT2D eigenvalue weighted by Crippen LogP contribution is -2.06. The van der Waals surface area contributed by atoms with Crippen molar-refractivity contribution in [2.45, 2.75) is 6.18 Å². The van der Waals surface area contributed by atoms with Gasteiger partial charge >= 0.3 is 6.18 Å². The third-order valence-electron chi connectivity index (χ3n) is 1.44. The molecule has 0 aromatic heterocycles. The quantitative estimate of drug-likeness (QED) is 0.618. The minimum absolute atomic E-state index is 0.000926. The van der Waals surface area contributed by atoms with Crippen molar-refractivity contribution in [3.63, 3.8) is 0 Å². The van der Waals surface area contributed by atoms with Crippen LogP contribution >= 0.6 is 15.9 Å². The summed E-state index contributed by atoms with van der Waals surface area (Å²) in [6.07, 6.45) is 0.610. The summed E-state index contributed by atoms with van der Waals surface area (Å²) in [5.41, 5.74) is -0.529. The lowest BCUT2D eigenvalue weighted by atomic mass is 10.1. The fraction of sp³-hybridized carbons (Fsp3) is 0.111. The molecule has 0 fully saturated rings. The summed E-state index contributed by atoms with van der Waals surface area (Å²) in [5, 5.41) is 0. The van der Waals surface area contributed by atoms with Gasteiger partial charge in [-0.25, -0.2) is 0 Å². The van der Waals surface area contributed by atoms with Gasteiger partial charge in [0.25, 0.3) is 0 Å². The highest BCUT2D eigenvalue weighted by Crippen LogP contribution is 2.35. The highest BCUT2D eigenvalue weighted by molar-refractivity contribution is 9.10. The molecule has 0 atom stereocenters. The first kappa shape index (κ1) is 10.1. The lowest BCUT2D eigenvalue weighted by Gasteiger charge is -2.08. The van der Waals surface area contributed by atoms with Gasteiger partial charge in [-0.1, -0.05) is 21.9 Å². The Labute approximate surface area is 81.9 Å². The molecule has 0 saturated carbocycles. The Hall–Kier alpha value is -0.950. The molecule has 0 heterocycles. The molecule has 0 amide bonds. The van der Waals surface area contributed by atoms with Crippen LogP contribution in [0.4, 0.5) is 13.2 Å². The number of benzene rings is 1. The molecule has 0 radical (unpaired) electrons. The summed E-state index contributed by atoms with van der Waals surface area (Å²) >= 11 is 2.81. The highest BCUT2D eigenvalue weighted by Gasteiger charge is 2.32. The number of rotatable bonds is 0. The van der Waals surface area contributed by atoms with Crippen molar-refractivity contribution in [1.82, 2.24) is 0 Å². The Balaban J connectivity index is 3.29. The summed E-state index contributed by atoms with van der Waals surface area (Å²) in [7, 11) is 0. The molecule has 4 heteroatoms. The minimum atomic E-state index is -4.37. The number of hydrogen-bond acceptors (Lipinski definition) is 0. The second-order valence-corrected chi connectivity index (χ2v) is 3.19. The van der Waals surface area contributed by atoms with Crippen LogP contribution < -0.4 is 0 Å². The molecule has 0 N–H and O–H groups in total. The van der Waals surface area contributed by atoms with Crippen molar-refractivity contribution in [1.29, 1.82) is 0 Å². The van der Waals surface area contributed by atoms with E-state index in [4.69, 9.17) is 6.42 Å². The van der Waals surface area contributed by atoms with Gasteiger partial charge in [-0.3, -0.25) is 0 Å². The average Bonchev–Trinajstić information content (AvgIpc) is 2.03. The van der Waals surface area contributed by atoms with E-state index in [1.807, 2.05) is 0 Å². The fourth-order valence-corrected chi connectivity index (χ4v) is 1.30. The van der Waals surface area contributed by atoms with Crippen LogP contribution in [0.3, 0.4) is 0 Å². The highest BCUT2D eigenvalue weighted by atomic mass is 79.9. The lowest BCUT2D eigenvalue weighted by molar-refractivity contribution is -0.138. The molecule has 1 aromatic rings. The Morgan fingerprint density at radius 3 is 2.38 bits per heavy atom. The summed E-state index contributed by atoms with van der Waals surface area (Å²) in [4.78, 5) is 0. The molecule has 1 rings (SSSR count). The van der Waals surface area contributed by atoms with E-state index in [1.54, 1.807) is 0 Å². The van der Waals surface area contributed by atoms with Crippen LogP contribution in [-0.4, -0.2) is 0 Å². The Bertz CT molecular complexity index is 360. The summed E-state index contributed by atoms with van der Waals surface area (Å²) < 4.78 is 36.8. The van der Waals surface area contributed by atoms with Crippen LogP contribution in [0.1, 0.15) is 11.1 Å². The number of halogens is 4. The van der Waals surface area contributed by atoms with Crippen molar-refractivity contribution < 1.29 is 13.2 Å². The number of alkyl halides is 3. The van der Waals surface area contributed by atoms with Gasteiger partial charge in [0.05, 0.1) is 5.56 Å². The first-order chi connectivity index (χ1) is 5.95. The Morgan fingerprint density at radius 2 is 1.92 bits per heavy atom. The van der Waals surface area contributed by atoms with Crippen LogP contribution in [0, 0.1) is 12.3 Å². The van der Waals surface area contributed by atoms with Crippen molar-refractivity contribution in [3.05, 3.63) is 33.8 Å². The Kier molecular flexibility index (Phi) is 2.67. The SMILES string of the molecule is C#Cc1ccc(Br)c(C(F)(F)F)c1. The third kappa shape index (κ3) is 2.25. The molecule has 0 aliphatic rings. The predicted molar refractivity (Wildman–Crippen MR) is 47.1 cm³/mol. The first-order valence-corrected chi connectivity index (χ1v) is 4.08. The van der Waals surface area contributed by atoms with E-state index in [1.165, 1.54) is 12.1 Å². The largest absolute Gasteiger partial charge is 0.417 e. The maximum absolute atomic E-state index is 12.3. The average molecular weight is 249 g/mol. The van der Waals surface area contributed by atoms with Gasteiger partial charge in [-0.05, 0) is 18.2 Å². The van der Waals surface area contributed by atoms with E-state index in [0.717, 1.165) is 6.07 Å². The van der Waals surface area contributed by atoms with Crippen LogP contribution in [0.15, 0.2) is 22.7 Å². The smallest absolute Gasteiger partial charge is 0.166 e. The van der Waals surface area contributed by atoms with Gasteiger partial charge in [-0.2, -0.15) is 13.2 Å². The van der Waals surface area contributed by atoms with E-state index in [-0.39, 0.29) is 10.0 Å². The van der Waals surface area contributed by atoms with Crippen molar-refractivity contribution in [3.8, 4) is 12.3 Å².